The van der Waals surface area contributed by atoms with Crippen molar-refractivity contribution in [2.45, 2.75) is 20.3 Å². The van der Waals surface area contributed by atoms with Crippen LogP contribution >= 0.6 is 15.9 Å². The van der Waals surface area contributed by atoms with Crippen molar-refractivity contribution in [1.82, 2.24) is 0 Å². The van der Waals surface area contributed by atoms with Crippen LogP contribution in [0.15, 0.2) is 46.9 Å². The Balaban J connectivity index is 2.13. The highest BCUT2D eigenvalue weighted by molar-refractivity contribution is 9.10. The number of para-hydroxylation sites is 1. The van der Waals surface area contributed by atoms with E-state index in [0.29, 0.717) is 17.9 Å². The molecule has 0 amide bonds. The van der Waals surface area contributed by atoms with Gasteiger partial charge in [0, 0.05) is 0 Å². The number of esters is 1. The first kappa shape index (κ1) is 15.6. The predicted octanol–water partition coefficient (Wildman–Crippen LogP) is 4.77. The first-order valence-electron chi connectivity index (χ1n) is 6.82. The van der Waals surface area contributed by atoms with Crippen molar-refractivity contribution in [1.29, 1.82) is 0 Å². The van der Waals surface area contributed by atoms with Gasteiger partial charge in [0.2, 0.25) is 0 Å². The van der Waals surface area contributed by atoms with Crippen LogP contribution in [0.1, 0.15) is 29.3 Å². The third-order valence-corrected chi connectivity index (χ3v) is 3.55. The van der Waals surface area contributed by atoms with Gasteiger partial charge in [-0.1, -0.05) is 25.1 Å². The first-order valence-corrected chi connectivity index (χ1v) is 7.61. The molecule has 110 valence electrons. The van der Waals surface area contributed by atoms with Gasteiger partial charge in [-0.3, -0.25) is 0 Å². The van der Waals surface area contributed by atoms with Gasteiger partial charge in [-0.25, -0.2) is 4.79 Å². The van der Waals surface area contributed by atoms with E-state index in [1.807, 2.05) is 32.0 Å². The second kappa shape index (κ2) is 7.27. The number of carbonyl (C=O) groups is 1. The lowest BCUT2D eigenvalue weighted by atomic mass is 10.2. The summed E-state index contributed by atoms with van der Waals surface area (Å²) in [6.45, 7) is 4.59. The molecule has 4 heteroatoms. The Morgan fingerprint density at radius 1 is 1.14 bits per heavy atom. The number of hydrogen-bond donors (Lipinski definition) is 0. The van der Waals surface area contributed by atoms with Crippen LogP contribution in [0.5, 0.6) is 11.5 Å². The van der Waals surface area contributed by atoms with Crippen LogP contribution < -0.4 is 9.47 Å². The van der Waals surface area contributed by atoms with Crippen LogP contribution in [0, 0.1) is 6.92 Å². The fraction of sp³-hybridized carbons (Fsp3) is 0.235. The zero-order chi connectivity index (χ0) is 15.2. The quantitative estimate of drug-likeness (QED) is 0.576. The number of hydrogen-bond acceptors (Lipinski definition) is 3. The van der Waals surface area contributed by atoms with Gasteiger partial charge in [-0.05, 0) is 59.1 Å². The second-order valence-corrected chi connectivity index (χ2v) is 5.50. The Morgan fingerprint density at radius 2 is 1.90 bits per heavy atom. The average molecular weight is 349 g/mol. The summed E-state index contributed by atoms with van der Waals surface area (Å²) in [7, 11) is 0. The van der Waals surface area contributed by atoms with Crippen LogP contribution in [0.4, 0.5) is 0 Å². The number of aryl methyl sites for hydroxylation is 1. The molecule has 0 atom stereocenters. The average Bonchev–Trinajstić information content (AvgIpc) is 2.48. The highest BCUT2D eigenvalue weighted by Gasteiger charge is 2.12. The number of benzene rings is 2. The number of carbonyl (C=O) groups excluding carboxylic acids is 1. The molecule has 0 saturated heterocycles. The molecular formula is C17H17BrO3. The molecule has 0 bridgehead atoms. The number of rotatable bonds is 5. The molecule has 0 fully saturated rings. The van der Waals surface area contributed by atoms with Crippen molar-refractivity contribution in [2.75, 3.05) is 6.61 Å². The highest BCUT2D eigenvalue weighted by Crippen LogP contribution is 2.27. The van der Waals surface area contributed by atoms with Crippen LogP contribution in [0.25, 0.3) is 0 Å². The van der Waals surface area contributed by atoms with E-state index in [9.17, 15) is 4.79 Å². The minimum absolute atomic E-state index is 0.382. The summed E-state index contributed by atoms with van der Waals surface area (Å²) in [5, 5.41) is 0. The van der Waals surface area contributed by atoms with E-state index in [-0.39, 0.29) is 5.97 Å². The minimum atomic E-state index is -0.382. The third kappa shape index (κ3) is 4.08. The van der Waals surface area contributed by atoms with E-state index in [4.69, 9.17) is 9.47 Å². The molecule has 21 heavy (non-hydrogen) atoms. The lowest BCUT2D eigenvalue weighted by molar-refractivity contribution is 0.0733. The summed E-state index contributed by atoms with van der Waals surface area (Å²) in [4.78, 5) is 12.2. The molecule has 3 nitrogen and oxygen atoms in total. The maximum Gasteiger partial charge on any atom is 0.343 e. The van der Waals surface area contributed by atoms with Crippen molar-refractivity contribution < 1.29 is 14.3 Å². The molecular weight excluding hydrogens is 332 g/mol. The monoisotopic (exact) mass is 348 g/mol. The second-order valence-electron chi connectivity index (χ2n) is 4.65. The Labute approximate surface area is 133 Å². The molecule has 0 aromatic heterocycles. The molecule has 0 heterocycles. The van der Waals surface area contributed by atoms with Crippen molar-refractivity contribution in [2.24, 2.45) is 0 Å². The standard InChI is InChI=1S/C17H17BrO3/c1-3-10-20-16-9-8-13(11-14(16)18)17(19)21-15-7-5-4-6-12(15)2/h4-9,11H,3,10H2,1-2H3. The van der Waals surface area contributed by atoms with Gasteiger partial charge in [0.15, 0.2) is 0 Å². The lowest BCUT2D eigenvalue weighted by Crippen LogP contribution is -2.09. The smallest absolute Gasteiger partial charge is 0.343 e. The van der Waals surface area contributed by atoms with Crippen LogP contribution in [-0.4, -0.2) is 12.6 Å². The molecule has 0 spiro atoms. The van der Waals surface area contributed by atoms with Crippen molar-refractivity contribution in [3.05, 3.63) is 58.1 Å². The molecule has 0 aliphatic heterocycles. The number of ether oxygens (including phenoxy) is 2. The van der Waals surface area contributed by atoms with Gasteiger partial charge >= 0.3 is 5.97 Å². The normalized spacial score (nSPS) is 10.2. The Bertz CT molecular complexity index is 638. The topological polar surface area (TPSA) is 35.5 Å². The van der Waals surface area contributed by atoms with E-state index in [2.05, 4.69) is 15.9 Å². The molecule has 0 radical (unpaired) electrons. The van der Waals surface area contributed by atoms with Crippen molar-refractivity contribution in [3.8, 4) is 11.5 Å². The summed E-state index contributed by atoms with van der Waals surface area (Å²) in [6, 6.07) is 12.6. The van der Waals surface area contributed by atoms with E-state index >= 15 is 0 Å². The molecule has 2 aromatic rings. The van der Waals surface area contributed by atoms with Gasteiger partial charge in [0.25, 0.3) is 0 Å². The zero-order valence-electron chi connectivity index (χ0n) is 12.1. The molecule has 0 unspecified atom stereocenters. The van der Waals surface area contributed by atoms with Crippen LogP contribution in [0.2, 0.25) is 0 Å². The van der Waals surface area contributed by atoms with Gasteiger partial charge in [-0.15, -0.1) is 0 Å². The molecule has 2 rings (SSSR count). The third-order valence-electron chi connectivity index (χ3n) is 2.93. The summed E-state index contributed by atoms with van der Waals surface area (Å²) >= 11 is 3.41. The van der Waals surface area contributed by atoms with Gasteiger partial charge in [-0.2, -0.15) is 0 Å². The maximum absolute atomic E-state index is 12.2. The molecule has 2 aromatic carbocycles. The maximum atomic E-state index is 12.2. The van der Waals surface area contributed by atoms with Crippen LogP contribution in [0.3, 0.4) is 0 Å². The van der Waals surface area contributed by atoms with E-state index in [1.165, 1.54) is 0 Å². The van der Waals surface area contributed by atoms with Crippen molar-refractivity contribution in [3.63, 3.8) is 0 Å². The fourth-order valence-electron chi connectivity index (χ4n) is 1.79. The van der Waals surface area contributed by atoms with Crippen molar-refractivity contribution >= 4 is 21.9 Å². The van der Waals surface area contributed by atoms with E-state index in [0.717, 1.165) is 22.2 Å². The summed E-state index contributed by atoms with van der Waals surface area (Å²) in [5.41, 5.74) is 1.40. The zero-order valence-corrected chi connectivity index (χ0v) is 13.6. The summed E-state index contributed by atoms with van der Waals surface area (Å²) in [6.07, 6.45) is 0.934. The molecule has 0 saturated carbocycles. The predicted molar refractivity (Wildman–Crippen MR) is 86.1 cm³/mol. The number of halogens is 1. The highest BCUT2D eigenvalue weighted by atomic mass is 79.9. The fourth-order valence-corrected chi connectivity index (χ4v) is 2.28. The van der Waals surface area contributed by atoms with E-state index in [1.54, 1.807) is 24.3 Å². The Morgan fingerprint density at radius 3 is 2.57 bits per heavy atom. The van der Waals surface area contributed by atoms with E-state index < -0.39 is 0 Å². The molecule has 0 aliphatic rings. The first-order chi connectivity index (χ1) is 10.1. The summed E-state index contributed by atoms with van der Waals surface area (Å²) < 4.78 is 11.7. The Hall–Kier alpha value is -1.81. The van der Waals surface area contributed by atoms with Gasteiger partial charge in [0.05, 0.1) is 16.6 Å². The largest absolute Gasteiger partial charge is 0.492 e. The van der Waals surface area contributed by atoms with Gasteiger partial charge in [0.1, 0.15) is 11.5 Å². The lowest BCUT2D eigenvalue weighted by Gasteiger charge is -2.10. The summed E-state index contributed by atoms with van der Waals surface area (Å²) in [5.74, 6) is 0.918. The van der Waals surface area contributed by atoms with Gasteiger partial charge < -0.3 is 9.47 Å². The SMILES string of the molecule is CCCOc1ccc(C(=O)Oc2ccccc2C)cc1Br. The Kier molecular flexibility index (Phi) is 5.39. The molecule has 0 N–H and O–H groups in total. The minimum Gasteiger partial charge on any atom is -0.492 e. The molecule has 0 aliphatic carbocycles. The van der Waals surface area contributed by atoms with Crippen LogP contribution in [-0.2, 0) is 0 Å².